The van der Waals surface area contributed by atoms with Crippen LogP contribution in [0.5, 0.6) is 0 Å². The lowest BCUT2D eigenvalue weighted by molar-refractivity contribution is 0.0824. The molecule has 1 fully saturated rings. The minimum Gasteiger partial charge on any atom is -0.383 e. The highest BCUT2D eigenvalue weighted by Crippen LogP contribution is 2.36. The molecule has 114 valence electrons. The largest absolute Gasteiger partial charge is 0.383 e. The zero-order valence-electron chi connectivity index (χ0n) is 13.8. The van der Waals surface area contributed by atoms with Crippen LogP contribution in [0, 0.1) is 11.3 Å². The van der Waals surface area contributed by atoms with Crippen molar-refractivity contribution in [1.29, 1.82) is 0 Å². The fourth-order valence-electron chi connectivity index (χ4n) is 2.60. The van der Waals surface area contributed by atoms with Crippen molar-refractivity contribution in [3.05, 3.63) is 0 Å². The molecule has 1 aliphatic carbocycles. The Morgan fingerprint density at radius 3 is 2.37 bits per heavy atom. The molecule has 1 rings (SSSR count). The summed E-state index contributed by atoms with van der Waals surface area (Å²) in [5.74, 6) is 0.922. The lowest BCUT2D eigenvalue weighted by Gasteiger charge is -2.37. The molecule has 1 aliphatic rings. The van der Waals surface area contributed by atoms with Gasteiger partial charge in [-0.3, -0.25) is 4.90 Å². The Kier molecular flexibility index (Phi) is 6.78. The molecule has 1 atom stereocenters. The van der Waals surface area contributed by atoms with Crippen molar-refractivity contribution in [1.82, 2.24) is 10.2 Å². The number of nitrogens with zero attached hydrogens (tertiary/aromatic N) is 1. The Bertz CT molecular complexity index is 249. The van der Waals surface area contributed by atoms with Gasteiger partial charge in [0.05, 0.1) is 6.61 Å². The van der Waals surface area contributed by atoms with E-state index in [2.05, 4.69) is 44.8 Å². The monoisotopic (exact) mass is 270 g/mol. The molecule has 0 heterocycles. The van der Waals surface area contributed by atoms with Crippen molar-refractivity contribution >= 4 is 0 Å². The summed E-state index contributed by atoms with van der Waals surface area (Å²) < 4.78 is 5.28. The summed E-state index contributed by atoms with van der Waals surface area (Å²) in [6, 6.07) is 1.26. The van der Waals surface area contributed by atoms with Gasteiger partial charge >= 0.3 is 0 Å². The Hall–Kier alpha value is -0.120. The maximum atomic E-state index is 5.28. The van der Waals surface area contributed by atoms with E-state index in [1.807, 2.05) is 0 Å². The van der Waals surface area contributed by atoms with Gasteiger partial charge in [0.25, 0.3) is 0 Å². The molecule has 0 amide bonds. The molecule has 1 N–H and O–H groups in total. The molecule has 0 aromatic carbocycles. The Morgan fingerprint density at radius 2 is 1.89 bits per heavy atom. The summed E-state index contributed by atoms with van der Waals surface area (Å²) in [5, 5.41) is 3.57. The van der Waals surface area contributed by atoms with Gasteiger partial charge in [-0.2, -0.15) is 0 Å². The van der Waals surface area contributed by atoms with Crippen LogP contribution in [-0.4, -0.2) is 50.3 Å². The Balaban J connectivity index is 2.48. The van der Waals surface area contributed by atoms with Crippen molar-refractivity contribution < 1.29 is 4.74 Å². The van der Waals surface area contributed by atoms with Gasteiger partial charge in [-0.15, -0.1) is 0 Å². The van der Waals surface area contributed by atoms with Gasteiger partial charge in [0.1, 0.15) is 0 Å². The molecule has 3 heteroatoms. The first kappa shape index (κ1) is 16.9. The molecule has 0 bridgehead atoms. The molecule has 0 saturated heterocycles. The normalized spacial score (nSPS) is 18.3. The van der Waals surface area contributed by atoms with Crippen molar-refractivity contribution in [2.45, 2.75) is 59.5 Å². The molecular formula is C16H34N2O. The van der Waals surface area contributed by atoms with E-state index in [4.69, 9.17) is 4.74 Å². The molecule has 0 spiro atoms. The van der Waals surface area contributed by atoms with Crippen molar-refractivity contribution in [3.8, 4) is 0 Å². The summed E-state index contributed by atoms with van der Waals surface area (Å²) in [6.45, 7) is 15.7. The third kappa shape index (κ3) is 6.73. The van der Waals surface area contributed by atoms with E-state index in [1.165, 1.54) is 12.8 Å². The summed E-state index contributed by atoms with van der Waals surface area (Å²) in [5.41, 5.74) is 0.307. The minimum absolute atomic E-state index is 0.307. The Labute approximate surface area is 120 Å². The zero-order chi connectivity index (χ0) is 14.5. The van der Waals surface area contributed by atoms with Crippen LogP contribution in [0.15, 0.2) is 0 Å². The van der Waals surface area contributed by atoms with E-state index in [0.717, 1.165) is 32.2 Å². The molecule has 19 heavy (non-hydrogen) atoms. The number of methoxy groups -OCH3 is 1. The van der Waals surface area contributed by atoms with Gasteiger partial charge in [0.15, 0.2) is 0 Å². The van der Waals surface area contributed by atoms with Crippen LogP contribution in [0.1, 0.15) is 47.5 Å². The molecule has 0 radical (unpaired) electrons. The maximum Gasteiger partial charge on any atom is 0.0589 e. The number of hydrogen-bond donors (Lipinski definition) is 1. The lowest BCUT2D eigenvalue weighted by Crippen LogP contribution is -2.47. The molecule has 0 aromatic rings. The molecule has 1 unspecified atom stereocenters. The van der Waals surface area contributed by atoms with E-state index in [0.29, 0.717) is 17.5 Å². The SMILES string of the molecule is COCCN(CC(C)(C)CNC(C)C)C(C)C1CC1. The van der Waals surface area contributed by atoms with Crippen LogP contribution >= 0.6 is 0 Å². The fraction of sp³-hybridized carbons (Fsp3) is 1.00. The summed E-state index contributed by atoms with van der Waals surface area (Å²) in [6.07, 6.45) is 2.82. The standard InChI is InChI=1S/C16H34N2O/c1-13(2)17-11-16(4,5)12-18(9-10-19-6)14(3)15-7-8-15/h13-15,17H,7-12H2,1-6H3. The predicted molar refractivity (Wildman–Crippen MR) is 82.6 cm³/mol. The number of ether oxygens (including phenoxy) is 1. The summed E-state index contributed by atoms with van der Waals surface area (Å²) in [7, 11) is 1.80. The second-order valence-corrected chi connectivity index (χ2v) is 7.24. The molecular weight excluding hydrogens is 236 g/mol. The molecule has 1 saturated carbocycles. The van der Waals surface area contributed by atoms with Crippen LogP contribution in [0.25, 0.3) is 0 Å². The molecule has 0 aromatic heterocycles. The van der Waals surface area contributed by atoms with E-state index < -0.39 is 0 Å². The number of rotatable bonds is 10. The summed E-state index contributed by atoms with van der Waals surface area (Å²) in [4.78, 5) is 2.63. The highest BCUT2D eigenvalue weighted by molar-refractivity contribution is 4.88. The van der Waals surface area contributed by atoms with Crippen LogP contribution in [0.2, 0.25) is 0 Å². The smallest absolute Gasteiger partial charge is 0.0589 e. The van der Waals surface area contributed by atoms with Crippen LogP contribution in [0.4, 0.5) is 0 Å². The lowest BCUT2D eigenvalue weighted by atomic mass is 9.91. The topological polar surface area (TPSA) is 24.5 Å². The van der Waals surface area contributed by atoms with Gasteiger partial charge in [-0.05, 0) is 31.1 Å². The van der Waals surface area contributed by atoms with Crippen LogP contribution < -0.4 is 5.32 Å². The highest BCUT2D eigenvalue weighted by Gasteiger charge is 2.34. The van der Waals surface area contributed by atoms with E-state index in [9.17, 15) is 0 Å². The summed E-state index contributed by atoms with van der Waals surface area (Å²) >= 11 is 0. The average Bonchev–Trinajstić information content (AvgIpc) is 3.15. The first-order valence-electron chi connectivity index (χ1n) is 7.82. The van der Waals surface area contributed by atoms with Gasteiger partial charge in [0, 0.05) is 38.8 Å². The van der Waals surface area contributed by atoms with E-state index in [1.54, 1.807) is 7.11 Å². The van der Waals surface area contributed by atoms with Gasteiger partial charge in [-0.1, -0.05) is 27.7 Å². The van der Waals surface area contributed by atoms with E-state index >= 15 is 0 Å². The quantitative estimate of drug-likeness (QED) is 0.660. The Morgan fingerprint density at radius 1 is 1.26 bits per heavy atom. The van der Waals surface area contributed by atoms with Crippen molar-refractivity contribution in [3.63, 3.8) is 0 Å². The molecule has 3 nitrogen and oxygen atoms in total. The van der Waals surface area contributed by atoms with Crippen molar-refractivity contribution in [2.75, 3.05) is 33.4 Å². The third-order valence-corrected chi connectivity index (χ3v) is 4.08. The van der Waals surface area contributed by atoms with Crippen LogP contribution in [0.3, 0.4) is 0 Å². The highest BCUT2D eigenvalue weighted by atomic mass is 16.5. The van der Waals surface area contributed by atoms with Crippen LogP contribution in [-0.2, 0) is 4.74 Å². The number of nitrogens with one attached hydrogen (secondary N) is 1. The predicted octanol–water partition coefficient (Wildman–Crippen LogP) is 2.76. The maximum absolute atomic E-state index is 5.28. The minimum atomic E-state index is 0.307. The second-order valence-electron chi connectivity index (χ2n) is 7.24. The zero-order valence-corrected chi connectivity index (χ0v) is 13.8. The first-order chi connectivity index (χ1) is 8.85. The van der Waals surface area contributed by atoms with E-state index in [-0.39, 0.29) is 0 Å². The van der Waals surface area contributed by atoms with Gasteiger partial charge in [0.2, 0.25) is 0 Å². The fourth-order valence-corrected chi connectivity index (χ4v) is 2.60. The third-order valence-electron chi connectivity index (χ3n) is 4.08. The number of hydrogen-bond acceptors (Lipinski definition) is 3. The van der Waals surface area contributed by atoms with Gasteiger partial charge < -0.3 is 10.1 Å². The average molecular weight is 270 g/mol. The van der Waals surface area contributed by atoms with Gasteiger partial charge in [-0.25, -0.2) is 0 Å². The van der Waals surface area contributed by atoms with Crippen molar-refractivity contribution in [2.24, 2.45) is 11.3 Å². The second kappa shape index (κ2) is 7.61. The molecule has 0 aliphatic heterocycles. The first-order valence-corrected chi connectivity index (χ1v) is 7.82.